The monoisotopic (exact) mass is 407 g/mol. The summed E-state index contributed by atoms with van der Waals surface area (Å²) in [6.45, 7) is 11.5. The molecule has 1 unspecified atom stereocenters. The van der Waals surface area contributed by atoms with Crippen LogP contribution in [-0.4, -0.2) is 33.6 Å². The van der Waals surface area contributed by atoms with Gasteiger partial charge in [0, 0.05) is 31.4 Å². The molecule has 1 atom stereocenters. The van der Waals surface area contributed by atoms with Crippen LogP contribution in [0.2, 0.25) is 0 Å². The summed E-state index contributed by atoms with van der Waals surface area (Å²) in [4.78, 5) is 14.5. The van der Waals surface area contributed by atoms with Crippen molar-refractivity contribution in [3.63, 3.8) is 0 Å². The molecular weight excluding hydrogens is 374 g/mol. The SMILES string of the molecule is C/C=C(O)\C=C/CC(=O)N1CCC2(CC1)NC1=CC(C)CC=C1n1cccc12.C=C. The minimum atomic E-state index is -0.112. The Labute approximate surface area is 179 Å². The molecule has 0 saturated carbocycles. The molecule has 2 N–H and O–H groups in total. The van der Waals surface area contributed by atoms with Crippen LogP contribution < -0.4 is 5.32 Å². The van der Waals surface area contributed by atoms with Crippen molar-refractivity contribution in [1.29, 1.82) is 0 Å². The summed E-state index contributed by atoms with van der Waals surface area (Å²) in [5.41, 5.74) is 3.68. The standard InChI is InChI=1S/C23H29N3O2.C2H4/c1-3-18(27)6-4-8-22(28)25-14-11-23(12-15-25)21-7-5-13-26(21)20-10-9-17(2)16-19(20)24-23;1-2/h3-7,10,13,16-17,24,27H,8-9,11-12,14-15H2,1-2H3;1-2H2/b6-4-,18-3+;. The molecule has 3 aliphatic rings. The van der Waals surface area contributed by atoms with E-state index in [-0.39, 0.29) is 17.2 Å². The lowest BCUT2D eigenvalue weighted by Gasteiger charge is -2.48. The number of likely N-dealkylation sites (tertiary alicyclic amines) is 1. The van der Waals surface area contributed by atoms with Crippen LogP contribution in [0.3, 0.4) is 0 Å². The first-order chi connectivity index (χ1) is 14.5. The minimum absolute atomic E-state index is 0.112. The Balaban J connectivity index is 0.00000124. The summed E-state index contributed by atoms with van der Waals surface area (Å²) in [5.74, 6) is 0.853. The van der Waals surface area contributed by atoms with E-state index in [1.807, 2.05) is 4.90 Å². The van der Waals surface area contributed by atoms with Crippen molar-refractivity contribution >= 4 is 11.6 Å². The second-order valence-electron chi connectivity index (χ2n) is 8.05. The van der Waals surface area contributed by atoms with E-state index in [9.17, 15) is 9.90 Å². The van der Waals surface area contributed by atoms with E-state index in [1.54, 1.807) is 25.2 Å². The zero-order valence-corrected chi connectivity index (χ0v) is 18.1. The summed E-state index contributed by atoms with van der Waals surface area (Å²) in [5, 5.41) is 13.3. The number of aliphatic hydroxyl groups excluding tert-OH is 1. The summed E-state index contributed by atoms with van der Waals surface area (Å²) < 4.78 is 2.33. The number of hydrogen-bond donors (Lipinski definition) is 2. The summed E-state index contributed by atoms with van der Waals surface area (Å²) in [7, 11) is 0. The molecule has 30 heavy (non-hydrogen) atoms. The average Bonchev–Trinajstić information content (AvgIpc) is 3.26. The van der Waals surface area contributed by atoms with Crippen molar-refractivity contribution in [2.45, 2.75) is 45.1 Å². The molecule has 1 spiro atoms. The molecule has 160 valence electrons. The highest BCUT2D eigenvalue weighted by atomic mass is 16.3. The van der Waals surface area contributed by atoms with Gasteiger partial charge in [0.15, 0.2) is 0 Å². The number of nitrogens with one attached hydrogen (secondary N) is 1. The van der Waals surface area contributed by atoms with Gasteiger partial charge in [-0.05, 0) is 56.4 Å². The molecule has 5 heteroatoms. The van der Waals surface area contributed by atoms with Crippen molar-refractivity contribution < 1.29 is 9.90 Å². The van der Waals surface area contributed by atoms with Gasteiger partial charge in [0.25, 0.3) is 0 Å². The second kappa shape index (κ2) is 9.24. The van der Waals surface area contributed by atoms with E-state index in [0.29, 0.717) is 12.3 Å². The molecule has 1 saturated heterocycles. The molecule has 3 heterocycles. The van der Waals surface area contributed by atoms with Crippen LogP contribution in [0.25, 0.3) is 5.70 Å². The molecule has 1 amide bonds. The topological polar surface area (TPSA) is 57.5 Å². The largest absolute Gasteiger partial charge is 0.508 e. The number of aliphatic hydroxyl groups is 1. The molecule has 0 aromatic carbocycles. The Bertz CT molecular complexity index is 895. The maximum atomic E-state index is 12.5. The van der Waals surface area contributed by atoms with E-state index in [1.165, 1.54) is 17.1 Å². The number of hydrogen-bond acceptors (Lipinski definition) is 3. The van der Waals surface area contributed by atoms with Gasteiger partial charge >= 0.3 is 0 Å². The Morgan fingerprint density at radius 3 is 2.80 bits per heavy atom. The molecule has 1 aromatic rings. The van der Waals surface area contributed by atoms with Crippen molar-refractivity contribution in [2.24, 2.45) is 5.92 Å². The van der Waals surface area contributed by atoms with Gasteiger partial charge in [-0.3, -0.25) is 4.79 Å². The van der Waals surface area contributed by atoms with E-state index >= 15 is 0 Å². The quantitative estimate of drug-likeness (QED) is 0.426. The third-order valence-electron chi connectivity index (χ3n) is 6.13. The first kappa shape index (κ1) is 21.8. The minimum Gasteiger partial charge on any atom is -0.508 e. The Kier molecular flexibility index (Phi) is 6.70. The average molecular weight is 408 g/mol. The predicted molar refractivity (Wildman–Crippen MR) is 123 cm³/mol. The number of amides is 1. The molecule has 5 nitrogen and oxygen atoms in total. The van der Waals surface area contributed by atoms with Crippen LogP contribution in [0.15, 0.2) is 73.3 Å². The maximum Gasteiger partial charge on any atom is 0.226 e. The highest BCUT2D eigenvalue weighted by Gasteiger charge is 2.43. The van der Waals surface area contributed by atoms with Crippen LogP contribution in [0.5, 0.6) is 0 Å². The first-order valence-electron chi connectivity index (χ1n) is 10.7. The molecule has 2 aliphatic heterocycles. The number of fused-ring (bicyclic) bond motifs is 4. The van der Waals surface area contributed by atoms with Crippen molar-refractivity contribution in [1.82, 2.24) is 14.8 Å². The zero-order valence-electron chi connectivity index (χ0n) is 18.1. The van der Waals surface area contributed by atoms with Crippen LogP contribution in [0, 0.1) is 5.92 Å². The lowest BCUT2D eigenvalue weighted by Crippen LogP contribution is -2.55. The van der Waals surface area contributed by atoms with Gasteiger partial charge in [-0.1, -0.05) is 25.2 Å². The first-order valence-corrected chi connectivity index (χ1v) is 10.7. The fraction of sp³-hybridized carbons (Fsp3) is 0.400. The van der Waals surface area contributed by atoms with Crippen LogP contribution >= 0.6 is 0 Å². The van der Waals surface area contributed by atoms with E-state index in [4.69, 9.17) is 0 Å². The zero-order chi connectivity index (χ0) is 21.7. The molecule has 1 aliphatic carbocycles. The van der Waals surface area contributed by atoms with Crippen molar-refractivity contribution in [3.05, 3.63) is 79.0 Å². The normalized spacial score (nSPS) is 22.3. The molecule has 0 bridgehead atoms. The molecular formula is C25H33N3O2. The Morgan fingerprint density at radius 1 is 1.37 bits per heavy atom. The number of allylic oxidation sites excluding steroid dienone is 5. The van der Waals surface area contributed by atoms with Gasteiger partial charge in [-0.25, -0.2) is 0 Å². The number of nitrogens with zero attached hydrogens (tertiary/aromatic N) is 2. The fourth-order valence-electron chi connectivity index (χ4n) is 4.51. The third-order valence-corrected chi connectivity index (χ3v) is 6.13. The van der Waals surface area contributed by atoms with Gasteiger partial charge < -0.3 is 19.9 Å². The van der Waals surface area contributed by atoms with Gasteiger partial charge in [0.2, 0.25) is 5.91 Å². The van der Waals surface area contributed by atoms with E-state index in [0.717, 1.165) is 32.4 Å². The molecule has 0 radical (unpaired) electrons. The summed E-state index contributed by atoms with van der Waals surface area (Å²) in [6.07, 6.45) is 14.9. The second-order valence-corrected chi connectivity index (χ2v) is 8.05. The number of carbonyl (C=O) groups is 1. The molecule has 1 aromatic heterocycles. The Morgan fingerprint density at radius 2 is 2.10 bits per heavy atom. The summed E-state index contributed by atoms with van der Waals surface area (Å²) in [6, 6.07) is 4.33. The fourth-order valence-corrected chi connectivity index (χ4v) is 4.51. The smallest absolute Gasteiger partial charge is 0.226 e. The highest BCUT2D eigenvalue weighted by molar-refractivity contribution is 5.78. The van der Waals surface area contributed by atoms with Gasteiger partial charge in [0.05, 0.1) is 16.9 Å². The van der Waals surface area contributed by atoms with Gasteiger partial charge in [0.1, 0.15) is 5.76 Å². The van der Waals surface area contributed by atoms with Crippen molar-refractivity contribution in [2.75, 3.05) is 13.1 Å². The van der Waals surface area contributed by atoms with Gasteiger partial charge in [-0.15, -0.1) is 13.2 Å². The third kappa shape index (κ3) is 4.16. The number of carbonyl (C=O) groups excluding carboxylic acids is 1. The number of piperidine rings is 1. The van der Waals surface area contributed by atoms with E-state index in [2.05, 4.69) is 60.4 Å². The van der Waals surface area contributed by atoms with Crippen LogP contribution in [0.1, 0.15) is 45.2 Å². The summed E-state index contributed by atoms with van der Waals surface area (Å²) >= 11 is 0. The lowest BCUT2D eigenvalue weighted by atomic mass is 9.81. The number of rotatable bonds is 3. The predicted octanol–water partition coefficient (Wildman–Crippen LogP) is 4.88. The molecule has 4 rings (SSSR count). The Hall–Kier alpha value is -2.95. The van der Waals surface area contributed by atoms with Gasteiger partial charge in [-0.2, -0.15) is 0 Å². The highest BCUT2D eigenvalue weighted by Crippen LogP contribution is 2.42. The lowest BCUT2D eigenvalue weighted by molar-refractivity contribution is -0.132. The number of aromatic nitrogens is 1. The molecule has 1 fully saturated rings. The van der Waals surface area contributed by atoms with Crippen LogP contribution in [0.4, 0.5) is 0 Å². The van der Waals surface area contributed by atoms with E-state index < -0.39 is 0 Å². The van der Waals surface area contributed by atoms with Crippen molar-refractivity contribution in [3.8, 4) is 0 Å². The van der Waals surface area contributed by atoms with Crippen LogP contribution in [-0.2, 0) is 10.3 Å². The maximum absolute atomic E-state index is 12.5.